The summed E-state index contributed by atoms with van der Waals surface area (Å²) in [5.74, 6) is -0.634. The summed E-state index contributed by atoms with van der Waals surface area (Å²) in [6.07, 6.45) is 6.54. The quantitative estimate of drug-likeness (QED) is 0.534. The first-order valence-electron chi connectivity index (χ1n) is 12.3. The number of anilines is 1. The third-order valence-electron chi connectivity index (χ3n) is 6.79. The van der Waals surface area contributed by atoms with Gasteiger partial charge in [0.25, 0.3) is 0 Å². The number of nitrogens with one attached hydrogen (secondary N) is 4. The Morgan fingerprint density at radius 1 is 0.882 bits per heavy atom. The second-order valence-corrected chi connectivity index (χ2v) is 9.23. The lowest BCUT2D eigenvalue weighted by Gasteiger charge is -2.41. The predicted octanol–water partition coefficient (Wildman–Crippen LogP) is 1.64. The average molecular weight is 471 g/mol. The van der Waals surface area contributed by atoms with Crippen LogP contribution in [-0.2, 0) is 9.59 Å². The Morgan fingerprint density at radius 2 is 1.65 bits per heavy atom. The van der Waals surface area contributed by atoms with Gasteiger partial charge in [0, 0.05) is 31.4 Å². The van der Waals surface area contributed by atoms with Crippen molar-refractivity contribution in [2.24, 2.45) is 0 Å². The van der Waals surface area contributed by atoms with E-state index in [-0.39, 0.29) is 37.1 Å². The highest BCUT2D eigenvalue weighted by Crippen LogP contribution is 2.19. The van der Waals surface area contributed by atoms with Crippen molar-refractivity contribution in [2.45, 2.75) is 63.1 Å². The van der Waals surface area contributed by atoms with Crippen LogP contribution in [0.2, 0.25) is 0 Å². The summed E-state index contributed by atoms with van der Waals surface area (Å²) in [7, 11) is 0. The molecule has 1 aromatic carbocycles. The monoisotopic (exact) mass is 470 g/mol. The maximum Gasteiger partial charge on any atom is 0.321 e. The maximum atomic E-state index is 13.3. The Kier molecular flexibility index (Phi) is 7.87. The largest absolute Gasteiger partial charge is 0.354 e. The van der Waals surface area contributed by atoms with Crippen LogP contribution in [0.25, 0.3) is 0 Å². The molecule has 34 heavy (non-hydrogen) atoms. The standard InChI is InChI=1S/C24H34N6O4/c31-21-19(12-7-13-25-21)28-22(32)20-16-29(23(33)26-17-8-3-1-4-9-17)14-15-30(20)24(34)27-18-10-5-2-6-11-18/h1,3-4,8-9,18-20H,2,5-7,10-16H2,(H,25,31)(H,26,33)(H,27,34)(H,28,32)/t19-,20+/m0/s1. The van der Waals surface area contributed by atoms with E-state index in [0.717, 1.165) is 32.1 Å². The van der Waals surface area contributed by atoms with Crippen LogP contribution in [-0.4, -0.2) is 78.0 Å². The number of hydrogen-bond acceptors (Lipinski definition) is 4. The van der Waals surface area contributed by atoms with E-state index in [1.165, 1.54) is 11.3 Å². The summed E-state index contributed by atoms with van der Waals surface area (Å²) in [5, 5.41) is 11.5. The third kappa shape index (κ3) is 5.98. The number of hydrogen-bond donors (Lipinski definition) is 4. The number of piperazine rings is 1. The van der Waals surface area contributed by atoms with Crippen LogP contribution in [0.3, 0.4) is 0 Å². The minimum Gasteiger partial charge on any atom is -0.354 e. The van der Waals surface area contributed by atoms with E-state index < -0.39 is 18.0 Å². The Bertz CT molecular complexity index is 889. The van der Waals surface area contributed by atoms with E-state index in [9.17, 15) is 19.2 Å². The molecule has 2 saturated heterocycles. The molecule has 4 rings (SSSR count). The number of benzene rings is 1. The molecule has 0 spiro atoms. The second kappa shape index (κ2) is 11.2. The first kappa shape index (κ1) is 23.8. The molecule has 2 heterocycles. The van der Waals surface area contributed by atoms with Crippen LogP contribution in [0.5, 0.6) is 0 Å². The number of urea groups is 2. The smallest absolute Gasteiger partial charge is 0.321 e. The normalized spacial score (nSPS) is 23.6. The lowest BCUT2D eigenvalue weighted by atomic mass is 9.95. The Labute approximate surface area is 199 Å². The summed E-state index contributed by atoms with van der Waals surface area (Å²) in [4.78, 5) is 54.5. The SMILES string of the molecule is O=C1NCCC[C@@H]1NC(=O)[C@H]1CN(C(=O)Nc2ccccc2)CCN1C(=O)NC1CCCCC1. The van der Waals surface area contributed by atoms with Gasteiger partial charge in [0.2, 0.25) is 11.8 Å². The molecule has 0 aromatic heterocycles. The molecular formula is C24H34N6O4. The van der Waals surface area contributed by atoms with Gasteiger partial charge >= 0.3 is 12.1 Å². The lowest BCUT2D eigenvalue weighted by Crippen LogP contribution is -2.65. The van der Waals surface area contributed by atoms with Crippen molar-refractivity contribution in [1.82, 2.24) is 25.8 Å². The van der Waals surface area contributed by atoms with Gasteiger partial charge in [-0.25, -0.2) is 9.59 Å². The third-order valence-corrected chi connectivity index (χ3v) is 6.79. The molecule has 3 fully saturated rings. The maximum absolute atomic E-state index is 13.3. The van der Waals surface area contributed by atoms with Crippen molar-refractivity contribution in [3.05, 3.63) is 30.3 Å². The molecule has 0 radical (unpaired) electrons. The fourth-order valence-electron chi connectivity index (χ4n) is 4.84. The second-order valence-electron chi connectivity index (χ2n) is 9.23. The molecule has 3 aliphatic rings. The van der Waals surface area contributed by atoms with Crippen LogP contribution in [0, 0.1) is 0 Å². The molecule has 1 saturated carbocycles. The van der Waals surface area contributed by atoms with Crippen LogP contribution < -0.4 is 21.3 Å². The summed E-state index contributed by atoms with van der Waals surface area (Å²) in [5.41, 5.74) is 0.657. The van der Waals surface area contributed by atoms with E-state index in [4.69, 9.17) is 0 Å². The number of rotatable bonds is 4. The first-order valence-corrected chi connectivity index (χ1v) is 12.3. The fraction of sp³-hybridized carbons (Fsp3) is 0.583. The van der Waals surface area contributed by atoms with Crippen LogP contribution >= 0.6 is 0 Å². The fourth-order valence-corrected chi connectivity index (χ4v) is 4.84. The zero-order valence-electron chi connectivity index (χ0n) is 19.4. The Morgan fingerprint density at radius 3 is 2.38 bits per heavy atom. The molecule has 4 N–H and O–H groups in total. The van der Waals surface area contributed by atoms with E-state index in [2.05, 4.69) is 21.3 Å². The minimum atomic E-state index is -0.881. The van der Waals surface area contributed by atoms with E-state index in [0.29, 0.717) is 25.2 Å². The molecule has 2 atom stereocenters. The van der Waals surface area contributed by atoms with Crippen LogP contribution in [0.4, 0.5) is 15.3 Å². The van der Waals surface area contributed by atoms with Gasteiger partial charge in [-0.15, -0.1) is 0 Å². The summed E-state index contributed by atoms with van der Waals surface area (Å²) in [6.45, 7) is 1.19. The first-order chi connectivity index (χ1) is 16.5. The molecule has 0 bridgehead atoms. The Hall–Kier alpha value is -3.30. The minimum absolute atomic E-state index is 0.0525. The zero-order valence-corrected chi connectivity index (χ0v) is 19.4. The predicted molar refractivity (Wildman–Crippen MR) is 127 cm³/mol. The van der Waals surface area contributed by atoms with Crippen molar-refractivity contribution in [3.8, 4) is 0 Å². The highest BCUT2D eigenvalue weighted by Gasteiger charge is 2.39. The van der Waals surface area contributed by atoms with Crippen molar-refractivity contribution < 1.29 is 19.2 Å². The van der Waals surface area contributed by atoms with Gasteiger partial charge < -0.3 is 31.1 Å². The number of carbonyl (C=O) groups excluding carboxylic acids is 4. The molecule has 2 aliphatic heterocycles. The van der Waals surface area contributed by atoms with E-state index in [1.54, 1.807) is 17.0 Å². The molecular weight excluding hydrogens is 436 g/mol. The summed E-state index contributed by atoms with van der Waals surface area (Å²) < 4.78 is 0. The van der Waals surface area contributed by atoms with Crippen LogP contribution in [0.15, 0.2) is 30.3 Å². The van der Waals surface area contributed by atoms with Crippen molar-refractivity contribution in [2.75, 3.05) is 31.5 Å². The molecule has 0 unspecified atom stereocenters. The van der Waals surface area contributed by atoms with Gasteiger partial charge in [-0.3, -0.25) is 9.59 Å². The number of nitrogens with zero attached hydrogens (tertiary/aromatic N) is 2. The van der Waals surface area contributed by atoms with Crippen molar-refractivity contribution in [1.29, 1.82) is 0 Å². The summed E-state index contributed by atoms with van der Waals surface area (Å²) >= 11 is 0. The van der Waals surface area contributed by atoms with Gasteiger partial charge in [-0.1, -0.05) is 37.5 Å². The van der Waals surface area contributed by atoms with Gasteiger partial charge in [0.05, 0.1) is 6.54 Å². The number of para-hydroxylation sites is 1. The van der Waals surface area contributed by atoms with Gasteiger partial charge in [0.1, 0.15) is 12.1 Å². The Balaban J connectivity index is 1.45. The molecule has 1 aliphatic carbocycles. The highest BCUT2D eigenvalue weighted by molar-refractivity contribution is 5.94. The van der Waals surface area contributed by atoms with E-state index in [1.807, 2.05) is 18.2 Å². The number of amides is 6. The van der Waals surface area contributed by atoms with E-state index >= 15 is 0 Å². The molecule has 10 nitrogen and oxygen atoms in total. The lowest BCUT2D eigenvalue weighted by molar-refractivity contribution is -0.133. The number of piperidine rings is 1. The van der Waals surface area contributed by atoms with Gasteiger partial charge in [-0.05, 0) is 37.8 Å². The zero-order chi connectivity index (χ0) is 23.9. The molecule has 10 heteroatoms. The van der Waals surface area contributed by atoms with Gasteiger partial charge in [-0.2, -0.15) is 0 Å². The molecule has 184 valence electrons. The highest BCUT2D eigenvalue weighted by atomic mass is 16.2. The topological polar surface area (TPSA) is 123 Å². The summed E-state index contributed by atoms with van der Waals surface area (Å²) in [6, 6.07) is 7.08. The average Bonchev–Trinajstić information content (AvgIpc) is 2.86. The molecule has 6 amide bonds. The number of carbonyl (C=O) groups is 4. The van der Waals surface area contributed by atoms with Crippen molar-refractivity contribution in [3.63, 3.8) is 0 Å². The van der Waals surface area contributed by atoms with Gasteiger partial charge in [0.15, 0.2) is 0 Å². The molecule has 1 aromatic rings. The van der Waals surface area contributed by atoms with Crippen LogP contribution in [0.1, 0.15) is 44.9 Å². The van der Waals surface area contributed by atoms with Crippen molar-refractivity contribution >= 4 is 29.6 Å².